The molecular formula is C16H15N. The fraction of sp³-hybridized carbons (Fsp3) is 0.125. The minimum Gasteiger partial charge on any atom is -0.399 e. The van der Waals surface area contributed by atoms with Gasteiger partial charge in [-0.05, 0) is 57.8 Å². The molecule has 1 nitrogen and oxygen atoms in total. The van der Waals surface area contributed by atoms with E-state index < -0.39 is 0 Å². The van der Waals surface area contributed by atoms with Crippen molar-refractivity contribution >= 4 is 27.2 Å². The van der Waals surface area contributed by atoms with Gasteiger partial charge in [-0.3, -0.25) is 0 Å². The Balaban J connectivity index is 2.36. The van der Waals surface area contributed by atoms with E-state index in [-0.39, 0.29) is 0 Å². The molecule has 0 unspecified atom stereocenters. The monoisotopic (exact) mass is 221 g/mol. The Morgan fingerprint density at radius 2 is 1.41 bits per heavy atom. The van der Waals surface area contributed by atoms with Crippen LogP contribution >= 0.6 is 0 Å². The summed E-state index contributed by atoms with van der Waals surface area (Å²) in [7, 11) is 0. The topological polar surface area (TPSA) is 26.0 Å². The zero-order valence-corrected chi connectivity index (χ0v) is 9.90. The van der Waals surface area contributed by atoms with E-state index in [4.69, 9.17) is 5.73 Å². The normalized spacial score (nSPS) is 11.1. The summed E-state index contributed by atoms with van der Waals surface area (Å²) < 4.78 is 0. The molecule has 0 spiro atoms. The summed E-state index contributed by atoms with van der Waals surface area (Å²) in [6.45, 7) is 2.18. The molecule has 0 bridgehead atoms. The number of aryl methyl sites for hydroxylation is 1. The van der Waals surface area contributed by atoms with Crippen LogP contribution in [0.3, 0.4) is 0 Å². The maximum atomic E-state index is 5.82. The zero-order valence-electron chi connectivity index (χ0n) is 9.90. The van der Waals surface area contributed by atoms with Crippen LogP contribution in [0, 0.1) is 0 Å². The number of benzene rings is 3. The van der Waals surface area contributed by atoms with E-state index in [0.29, 0.717) is 0 Å². The van der Waals surface area contributed by atoms with Gasteiger partial charge in [0.1, 0.15) is 0 Å². The lowest BCUT2D eigenvalue weighted by atomic mass is 10.0. The third-order valence-electron chi connectivity index (χ3n) is 3.29. The SMILES string of the molecule is CCc1ccc2cc3ccc(N)cc3cc2c1. The third-order valence-corrected chi connectivity index (χ3v) is 3.29. The predicted octanol–water partition coefficient (Wildman–Crippen LogP) is 4.14. The molecule has 0 saturated heterocycles. The molecular weight excluding hydrogens is 206 g/mol. The molecule has 3 aromatic carbocycles. The predicted molar refractivity (Wildman–Crippen MR) is 75.2 cm³/mol. The van der Waals surface area contributed by atoms with E-state index in [9.17, 15) is 0 Å². The number of anilines is 1. The van der Waals surface area contributed by atoms with E-state index in [2.05, 4.69) is 43.3 Å². The molecule has 0 aromatic heterocycles. The van der Waals surface area contributed by atoms with Crippen molar-refractivity contribution < 1.29 is 0 Å². The lowest BCUT2D eigenvalue weighted by Gasteiger charge is -2.05. The minimum absolute atomic E-state index is 0.823. The molecule has 0 aliphatic carbocycles. The highest BCUT2D eigenvalue weighted by Gasteiger charge is 1.99. The fourth-order valence-electron chi connectivity index (χ4n) is 2.29. The van der Waals surface area contributed by atoms with E-state index in [1.54, 1.807) is 0 Å². The second-order valence-corrected chi connectivity index (χ2v) is 4.49. The number of fused-ring (bicyclic) bond motifs is 2. The maximum absolute atomic E-state index is 5.82. The van der Waals surface area contributed by atoms with E-state index >= 15 is 0 Å². The van der Waals surface area contributed by atoms with Crippen molar-refractivity contribution in [1.82, 2.24) is 0 Å². The maximum Gasteiger partial charge on any atom is 0.0320 e. The second kappa shape index (κ2) is 3.77. The average Bonchev–Trinajstić information content (AvgIpc) is 2.35. The first-order chi connectivity index (χ1) is 8.26. The van der Waals surface area contributed by atoms with Crippen LogP contribution in [-0.2, 0) is 6.42 Å². The summed E-state index contributed by atoms with van der Waals surface area (Å²) in [5, 5.41) is 5.05. The molecule has 3 rings (SSSR count). The summed E-state index contributed by atoms with van der Waals surface area (Å²) in [5.74, 6) is 0. The van der Waals surface area contributed by atoms with Crippen LogP contribution in [0.15, 0.2) is 48.5 Å². The van der Waals surface area contributed by atoms with Crippen molar-refractivity contribution in [1.29, 1.82) is 0 Å². The van der Waals surface area contributed by atoms with E-state index in [0.717, 1.165) is 12.1 Å². The molecule has 84 valence electrons. The molecule has 0 fully saturated rings. The molecule has 0 amide bonds. The van der Waals surface area contributed by atoms with Gasteiger partial charge in [-0.2, -0.15) is 0 Å². The summed E-state index contributed by atoms with van der Waals surface area (Å²) >= 11 is 0. The van der Waals surface area contributed by atoms with Gasteiger partial charge in [0.2, 0.25) is 0 Å². The van der Waals surface area contributed by atoms with Crippen LogP contribution in [0.25, 0.3) is 21.5 Å². The largest absolute Gasteiger partial charge is 0.399 e. The van der Waals surface area contributed by atoms with Crippen molar-refractivity contribution in [2.24, 2.45) is 0 Å². The highest BCUT2D eigenvalue weighted by atomic mass is 14.5. The van der Waals surface area contributed by atoms with Crippen molar-refractivity contribution in [2.45, 2.75) is 13.3 Å². The average molecular weight is 221 g/mol. The number of hydrogen-bond donors (Lipinski definition) is 1. The number of nitrogens with two attached hydrogens (primary N) is 1. The van der Waals surface area contributed by atoms with Crippen LogP contribution in [0.1, 0.15) is 12.5 Å². The Morgan fingerprint density at radius 3 is 2.18 bits per heavy atom. The smallest absolute Gasteiger partial charge is 0.0320 e. The molecule has 17 heavy (non-hydrogen) atoms. The first-order valence-corrected chi connectivity index (χ1v) is 5.98. The molecule has 1 heteroatoms. The summed E-state index contributed by atoms with van der Waals surface area (Å²) in [5.41, 5.74) is 8.02. The van der Waals surface area contributed by atoms with Gasteiger partial charge in [-0.1, -0.05) is 31.2 Å². The second-order valence-electron chi connectivity index (χ2n) is 4.49. The molecule has 0 heterocycles. The summed E-state index contributed by atoms with van der Waals surface area (Å²) in [6.07, 6.45) is 1.07. The molecule has 3 aromatic rings. The third kappa shape index (κ3) is 1.74. The van der Waals surface area contributed by atoms with Crippen molar-refractivity contribution in [3.05, 3.63) is 54.1 Å². The van der Waals surface area contributed by atoms with Gasteiger partial charge < -0.3 is 5.73 Å². The molecule has 2 N–H and O–H groups in total. The van der Waals surface area contributed by atoms with Crippen LogP contribution in [0.4, 0.5) is 5.69 Å². The molecule has 0 saturated carbocycles. The van der Waals surface area contributed by atoms with E-state index in [1.807, 2.05) is 12.1 Å². The first kappa shape index (κ1) is 10.2. The number of nitrogen functional groups attached to an aromatic ring is 1. The first-order valence-electron chi connectivity index (χ1n) is 5.98. The Kier molecular flexibility index (Phi) is 2.25. The highest BCUT2D eigenvalue weighted by molar-refractivity contribution is 5.99. The lowest BCUT2D eigenvalue weighted by molar-refractivity contribution is 1.15. The highest BCUT2D eigenvalue weighted by Crippen LogP contribution is 2.25. The van der Waals surface area contributed by atoms with E-state index in [1.165, 1.54) is 27.1 Å². The molecule has 0 atom stereocenters. The van der Waals surface area contributed by atoms with Crippen LogP contribution in [0.5, 0.6) is 0 Å². The van der Waals surface area contributed by atoms with Crippen LogP contribution in [0.2, 0.25) is 0 Å². The fourth-order valence-corrected chi connectivity index (χ4v) is 2.29. The zero-order chi connectivity index (χ0) is 11.8. The molecule has 0 aliphatic heterocycles. The number of rotatable bonds is 1. The molecule has 0 radical (unpaired) electrons. The summed E-state index contributed by atoms with van der Waals surface area (Å²) in [6, 6.07) is 17.2. The van der Waals surface area contributed by atoms with Crippen molar-refractivity contribution in [2.75, 3.05) is 5.73 Å². The van der Waals surface area contributed by atoms with Crippen molar-refractivity contribution in [3.63, 3.8) is 0 Å². The quantitative estimate of drug-likeness (QED) is 0.485. The summed E-state index contributed by atoms with van der Waals surface area (Å²) in [4.78, 5) is 0. The van der Waals surface area contributed by atoms with Gasteiger partial charge in [-0.25, -0.2) is 0 Å². The van der Waals surface area contributed by atoms with Crippen LogP contribution < -0.4 is 5.73 Å². The van der Waals surface area contributed by atoms with Gasteiger partial charge in [0, 0.05) is 5.69 Å². The van der Waals surface area contributed by atoms with Gasteiger partial charge in [0.15, 0.2) is 0 Å². The lowest BCUT2D eigenvalue weighted by Crippen LogP contribution is -1.85. The Hall–Kier alpha value is -2.02. The Labute approximate surface area is 101 Å². The van der Waals surface area contributed by atoms with Gasteiger partial charge in [0.05, 0.1) is 0 Å². The van der Waals surface area contributed by atoms with Crippen LogP contribution in [-0.4, -0.2) is 0 Å². The van der Waals surface area contributed by atoms with Gasteiger partial charge in [-0.15, -0.1) is 0 Å². The standard InChI is InChI=1S/C16H15N/c1-2-11-3-4-12-8-13-5-6-16(17)10-15(13)9-14(12)7-11/h3-10H,2,17H2,1H3. The molecule has 0 aliphatic rings. The van der Waals surface area contributed by atoms with Crippen molar-refractivity contribution in [3.8, 4) is 0 Å². The Bertz CT molecular complexity index is 698. The minimum atomic E-state index is 0.823. The van der Waals surface area contributed by atoms with Gasteiger partial charge in [0.25, 0.3) is 0 Å². The van der Waals surface area contributed by atoms with Gasteiger partial charge >= 0.3 is 0 Å². The number of hydrogen-bond acceptors (Lipinski definition) is 1. The Morgan fingerprint density at radius 1 is 0.765 bits per heavy atom.